The van der Waals surface area contributed by atoms with E-state index in [1.807, 2.05) is 36.7 Å². The van der Waals surface area contributed by atoms with Crippen LogP contribution in [0.5, 0.6) is 0 Å². The molecule has 0 N–H and O–H groups in total. The number of aromatic nitrogens is 4. The molecule has 0 radical (unpaired) electrons. The van der Waals surface area contributed by atoms with Gasteiger partial charge in [-0.2, -0.15) is 0 Å². The van der Waals surface area contributed by atoms with Gasteiger partial charge in [0.1, 0.15) is 11.0 Å². The first-order valence-corrected chi connectivity index (χ1v) is 11.9. The maximum absolute atomic E-state index is 12.8. The first-order chi connectivity index (χ1) is 14.5. The molecule has 3 aromatic rings. The Morgan fingerprint density at radius 1 is 1.23 bits per heavy atom. The van der Waals surface area contributed by atoms with Crippen molar-refractivity contribution < 1.29 is 17.8 Å². The number of benzene rings is 1. The number of imidazole rings is 1. The quantitative estimate of drug-likeness (QED) is 0.507. The van der Waals surface area contributed by atoms with Crippen LogP contribution < -0.4 is 0 Å². The monoisotopic (exact) mass is 433 g/mol. The minimum atomic E-state index is -3.42. The molecule has 0 amide bonds. The highest BCUT2D eigenvalue weighted by atomic mass is 32.2. The van der Waals surface area contributed by atoms with Crippen molar-refractivity contribution in [3.63, 3.8) is 0 Å². The van der Waals surface area contributed by atoms with Crippen molar-refractivity contribution in [3.8, 4) is 0 Å². The Balaban J connectivity index is 1.54. The van der Waals surface area contributed by atoms with Crippen LogP contribution in [0.2, 0.25) is 0 Å². The van der Waals surface area contributed by atoms with Crippen LogP contribution in [0.3, 0.4) is 0 Å². The average Bonchev–Trinajstić information content (AvgIpc) is 3.44. The van der Waals surface area contributed by atoms with Gasteiger partial charge >= 0.3 is 0 Å². The van der Waals surface area contributed by atoms with E-state index in [0.717, 1.165) is 41.7 Å². The van der Waals surface area contributed by atoms with Gasteiger partial charge in [-0.1, -0.05) is 13.0 Å². The van der Waals surface area contributed by atoms with Crippen LogP contribution in [0.15, 0.2) is 34.2 Å². The number of nitrogens with zero attached hydrogens (tertiary/aromatic N) is 5. The summed E-state index contributed by atoms with van der Waals surface area (Å²) >= 11 is 0. The van der Waals surface area contributed by atoms with Gasteiger partial charge in [-0.05, 0) is 54.3 Å². The molecule has 1 aromatic carbocycles. The number of ether oxygens (including phenoxy) is 1. The summed E-state index contributed by atoms with van der Waals surface area (Å²) in [7, 11) is -1.43. The van der Waals surface area contributed by atoms with Gasteiger partial charge in [0.05, 0.1) is 30.3 Å². The van der Waals surface area contributed by atoms with E-state index >= 15 is 0 Å². The molecule has 0 bridgehead atoms. The average molecular weight is 434 g/mol. The summed E-state index contributed by atoms with van der Waals surface area (Å²) in [5.74, 6) is 0.0938. The van der Waals surface area contributed by atoms with Crippen LogP contribution in [0, 0.1) is 0 Å². The molecule has 1 unspecified atom stereocenters. The van der Waals surface area contributed by atoms with Crippen molar-refractivity contribution >= 4 is 20.9 Å². The molecule has 0 spiro atoms. The molecule has 1 aliphatic rings. The second-order valence-corrected chi connectivity index (χ2v) is 9.86. The van der Waals surface area contributed by atoms with Crippen molar-refractivity contribution in [1.82, 2.24) is 24.8 Å². The van der Waals surface area contributed by atoms with Gasteiger partial charge in [0.2, 0.25) is 15.0 Å². The van der Waals surface area contributed by atoms with Crippen molar-refractivity contribution in [1.29, 1.82) is 0 Å². The second kappa shape index (κ2) is 8.83. The minimum absolute atomic E-state index is 0.0286. The summed E-state index contributed by atoms with van der Waals surface area (Å²) in [6.07, 6.45) is 4.21. The first-order valence-electron chi connectivity index (χ1n) is 10.2. The SMILES string of the molecule is CCCS(=O)(=O)c1ncc(CN(C)Cc2ccc3nonc3c2)n1CC1CCCO1. The predicted molar refractivity (Wildman–Crippen MR) is 111 cm³/mol. The van der Waals surface area contributed by atoms with Crippen LogP contribution in [-0.4, -0.2) is 58.7 Å². The molecule has 1 atom stereocenters. The molecule has 9 nitrogen and oxygen atoms in total. The smallest absolute Gasteiger partial charge is 0.227 e. The third-order valence-corrected chi connectivity index (χ3v) is 7.09. The maximum atomic E-state index is 12.8. The third-order valence-electron chi connectivity index (χ3n) is 5.27. The second-order valence-electron chi connectivity index (χ2n) is 7.86. The molecule has 2 aromatic heterocycles. The zero-order valence-electron chi connectivity index (χ0n) is 17.3. The number of rotatable bonds is 9. The standard InChI is InChI=1S/C20H27N5O4S/c1-3-9-30(26,27)20-21-11-16(25(20)14-17-5-4-8-28-17)13-24(2)12-15-6-7-18-19(10-15)23-29-22-18/h6-7,10-11,17H,3-5,8-9,12-14H2,1-2H3. The lowest BCUT2D eigenvalue weighted by molar-refractivity contribution is 0.0934. The van der Waals surface area contributed by atoms with E-state index < -0.39 is 9.84 Å². The molecule has 4 rings (SSSR count). The number of sulfone groups is 1. The van der Waals surface area contributed by atoms with Gasteiger partial charge in [0, 0.05) is 19.7 Å². The van der Waals surface area contributed by atoms with E-state index in [1.165, 1.54) is 0 Å². The summed E-state index contributed by atoms with van der Waals surface area (Å²) in [5, 5.41) is 7.87. The molecule has 30 heavy (non-hydrogen) atoms. The molecule has 162 valence electrons. The fourth-order valence-electron chi connectivity index (χ4n) is 3.88. The Kier molecular flexibility index (Phi) is 6.16. The van der Waals surface area contributed by atoms with Crippen molar-refractivity contribution in [2.45, 2.75) is 57.1 Å². The van der Waals surface area contributed by atoms with Gasteiger partial charge in [-0.15, -0.1) is 0 Å². The highest BCUT2D eigenvalue weighted by Gasteiger charge is 2.26. The van der Waals surface area contributed by atoms with E-state index in [-0.39, 0.29) is 17.0 Å². The Labute approximate surface area is 175 Å². The number of fused-ring (bicyclic) bond motifs is 1. The lowest BCUT2D eigenvalue weighted by Crippen LogP contribution is -2.25. The number of hydrogen-bond donors (Lipinski definition) is 0. The van der Waals surface area contributed by atoms with Gasteiger partial charge in [0.15, 0.2) is 0 Å². The highest BCUT2D eigenvalue weighted by Crippen LogP contribution is 2.21. The maximum Gasteiger partial charge on any atom is 0.227 e. The van der Waals surface area contributed by atoms with E-state index in [2.05, 4.69) is 20.2 Å². The normalized spacial score (nSPS) is 17.4. The van der Waals surface area contributed by atoms with E-state index in [9.17, 15) is 8.42 Å². The van der Waals surface area contributed by atoms with Crippen molar-refractivity contribution in [2.75, 3.05) is 19.4 Å². The van der Waals surface area contributed by atoms with Crippen LogP contribution in [-0.2, 0) is 34.2 Å². The fraction of sp³-hybridized carbons (Fsp3) is 0.550. The molecule has 1 saturated heterocycles. The molecule has 1 fully saturated rings. The molecule has 10 heteroatoms. The van der Waals surface area contributed by atoms with Crippen LogP contribution in [0.4, 0.5) is 0 Å². The van der Waals surface area contributed by atoms with Crippen molar-refractivity contribution in [3.05, 3.63) is 35.7 Å². The molecule has 1 aliphatic heterocycles. The van der Waals surface area contributed by atoms with E-state index in [4.69, 9.17) is 9.37 Å². The largest absolute Gasteiger partial charge is 0.376 e. The topological polar surface area (TPSA) is 103 Å². The lowest BCUT2D eigenvalue weighted by atomic mass is 10.2. The Bertz CT molecular complexity index is 1100. The zero-order chi connectivity index (χ0) is 21.1. The first kappa shape index (κ1) is 21.0. The van der Waals surface area contributed by atoms with Crippen LogP contribution >= 0.6 is 0 Å². The summed E-state index contributed by atoms with van der Waals surface area (Å²) in [5.41, 5.74) is 3.38. The lowest BCUT2D eigenvalue weighted by Gasteiger charge is -2.20. The van der Waals surface area contributed by atoms with Crippen molar-refractivity contribution in [2.24, 2.45) is 0 Å². The third kappa shape index (κ3) is 4.55. The van der Waals surface area contributed by atoms with Crippen LogP contribution in [0.1, 0.15) is 37.4 Å². The molecular formula is C20H27N5O4S. The number of hydrogen-bond acceptors (Lipinski definition) is 8. The van der Waals surface area contributed by atoms with Crippen LogP contribution in [0.25, 0.3) is 11.0 Å². The minimum Gasteiger partial charge on any atom is -0.376 e. The molecule has 0 saturated carbocycles. The summed E-state index contributed by atoms with van der Waals surface area (Å²) in [4.78, 5) is 6.42. The summed E-state index contributed by atoms with van der Waals surface area (Å²) < 4.78 is 37.9. The molecule has 3 heterocycles. The van der Waals surface area contributed by atoms with E-state index in [1.54, 1.807) is 6.20 Å². The predicted octanol–water partition coefficient (Wildman–Crippen LogP) is 2.41. The molecular weight excluding hydrogens is 406 g/mol. The highest BCUT2D eigenvalue weighted by molar-refractivity contribution is 7.91. The Morgan fingerprint density at radius 2 is 2.07 bits per heavy atom. The van der Waals surface area contributed by atoms with E-state index in [0.29, 0.717) is 26.1 Å². The van der Waals surface area contributed by atoms with Gasteiger partial charge < -0.3 is 9.30 Å². The summed E-state index contributed by atoms with van der Waals surface area (Å²) in [6, 6.07) is 5.82. The summed E-state index contributed by atoms with van der Waals surface area (Å²) in [6.45, 7) is 4.34. The fourth-order valence-corrected chi connectivity index (χ4v) is 5.34. The van der Waals surface area contributed by atoms with Gasteiger partial charge in [-0.3, -0.25) is 4.90 Å². The van der Waals surface area contributed by atoms with Gasteiger partial charge in [0.25, 0.3) is 0 Å². The Morgan fingerprint density at radius 3 is 2.83 bits per heavy atom. The zero-order valence-corrected chi connectivity index (χ0v) is 18.1. The Hall–Kier alpha value is -2.30. The molecule has 0 aliphatic carbocycles. The van der Waals surface area contributed by atoms with Gasteiger partial charge in [-0.25, -0.2) is 18.0 Å².